The van der Waals surface area contributed by atoms with Gasteiger partial charge in [0.05, 0.1) is 17.9 Å². The lowest BCUT2D eigenvalue weighted by atomic mass is 9.68. The molecule has 3 rings (SSSR count). The number of carbonyl (C=O) groups excluding carboxylic acids is 3. The molecule has 0 bridgehead atoms. The smallest absolute Gasteiger partial charge is 0.334 e. The molecule has 0 aromatic rings. The van der Waals surface area contributed by atoms with Crippen molar-refractivity contribution in [3.8, 4) is 0 Å². The van der Waals surface area contributed by atoms with Crippen molar-refractivity contribution in [3.05, 3.63) is 12.2 Å². The van der Waals surface area contributed by atoms with Crippen molar-refractivity contribution in [2.45, 2.75) is 52.6 Å². The highest BCUT2D eigenvalue weighted by atomic mass is 16.6. The molecule has 0 radical (unpaired) electrons. The topological polar surface area (TPSA) is 69.7 Å². The molecule has 1 aliphatic heterocycles. The van der Waals surface area contributed by atoms with Crippen molar-refractivity contribution in [1.82, 2.24) is 0 Å². The van der Waals surface area contributed by atoms with E-state index in [2.05, 4.69) is 6.58 Å². The summed E-state index contributed by atoms with van der Waals surface area (Å²) in [5, 5.41) is 0. The van der Waals surface area contributed by atoms with E-state index in [9.17, 15) is 14.4 Å². The van der Waals surface area contributed by atoms with Crippen LogP contribution in [0.1, 0.15) is 46.5 Å². The normalized spacial score (nSPS) is 38.6. The number of ether oxygens (including phenoxy) is 2. The molecule has 0 N–H and O–H groups in total. The zero-order valence-corrected chi connectivity index (χ0v) is 14.7. The van der Waals surface area contributed by atoms with Crippen LogP contribution in [-0.2, 0) is 23.9 Å². The second-order valence-corrected chi connectivity index (χ2v) is 7.93. The first-order valence-corrected chi connectivity index (χ1v) is 8.86. The molecule has 132 valence electrons. The van der Waals surface area contributed by atoms with Crippen LogP contribution in [0.2, 0.25) is 0 Å². The summed E-state index contributed by atoms with van der Waals surface area (Å²) in [7, 11) is 0. The SMILES string of the molecule is C=C1C(=O)O[C@@H]2[C@H]1CC[C@H](COC(=O)C(C)C)[C@@H]1CCC(=O)[C@@]21C. The van der Waals surface area contributed by atoms with Gasteiger partial charge in [-0.1, -0.05) is 20.4 Å². The highest BCUT2D eigenvalue weighted by Crippen LogP contribution is 2.56. The average Bonchev–Trinajstić information content (AvgIpc) is 2.95. The minimum atomic E-state index is -0.689. The van der Waals surface area contributed by atoms with Gasteiger partial charge in [0.25, 0.3) is 0 Å². The molecule has 0 unspecified atom stereocenters. The van der Waals surface area contributed by atoms with E-state index in [1.807, 2.05) is 20.8 Å². The van der Waals surface area contributed by atoms with Crippen molar-refractivity contribution in [1.29, 1.82) is 0 Å². The Hall–Kier alpha value is -1.65. The third-order valence-corrected chi connectivity index (χ3v) is 6.28. The fraction of sp³-hybridized carbons (Fsp3) is 0.737. The quantitative estimate of drug-likeness (QED) is 0.586. The highest BCUT2D eigenvalue weighted by Gasteiger charge is 2.61. The van der Waals surface area contributed by atoms with Gasteiger partial charge >= 0.3 is 11.9 Å². The Kier molecular flexibility index (Phi) is 4.30. The molecule has 24 heavy (non-hydrogen) atoms. The molecular formula is C19H26O5. The molecule has 0 spiro atoms. The lowest BCUT2D eigenvalue weighted by molar-refractivity contribution is -0.153. The van der Waals surface area contributed by atoms with Crippen LogP contribution in [-0.4, -0.2) is 30.4 Å². The van der Waals surface area contributed by atoms with E-state index < -0.39 is 11.5 Å². The number of ketones is 1. The van der Waals surface area contributed by atoms with Gasteiger partial charge in [0, 0.05) is 17.9 Å². The molecule has 2 saturated carbocycles. The van der Waals surface area contributed by atoms with Crippen LogP contribution in [0.15, 0.2) is 12.2 Å². The Balaban J connectivity index is 1.86. The molecule has 5 heteroatoms. The van der Waals surface area contributed by atoms with Gasteiger partial charge in [0.1, 0.15) is 11.9 Å². The van der Waals surface area contributed by atoms with Gasteiger partial charge < -0.3 is 9.47 Å². The van der Waals surface area contributed by atoms with E-state index in [-0.39, 0.29) is 41.4 Å². The van der Waals surface area contributed by atoms with Gasteiger partial charge in [-0.25, -0.2) is 4.79 Å². The average molecular weight is 334 g/mol. The summed E-state index contributed by atoms with van der Waals surface area (Å²) in [6.45, 7) is 9.77. The summed E-state index contributed by atoms with van der Waals surface area (Å²) >= 11 is 0. The Bertz CT molecular complexity index is 593. The lowest BCUT2D eigenvalue weighted by Gasteiger charge is -2.37. The van der Waals surface area contributed by atoms with E-state index in [4.69, 9.17) is 9.47 Å². The van der Waals surface area contributed by atoms with E-state index in [1.165, 1.54) is 0 Å². The van der Waals surface area contributed by atoms with Crippen LogP contribution in [0.3, 0.4) is 0 Å². The summed E-state index contributed by atoms with van der Waals surface area (Å²) in [5.74, 6) is -0.465. The van der Waals surface area contributed by atoms with Gasteiger partial charge in [-0.3, -0.25) is 9.59 Å². The van der Waals surface area contributed by atoms with Crippen LogP contribution < -0.4 is 0 Å². The van der Waals surface area contributed by atoms with Crippen molar-refractivity contribution < 1.29 is 23.9 Å². The van der Waals surface area contributed by atoms with Crippen LogP contribution in [0.5, 0.6) is 0 Å². The number of rotatable bonds is 3. The van der Waals surface area contributed by atoms with Gasteiger partial charge in [-0.2, -0.15) is 0 Å². The van der Waals surface area contributed by atoms with Crippen LogP contribution in [0, 0.1) is 29.1 Å². The molecule has 5 nitrogen and oxygen atoms in total. The Morgan fingerprint density at radius 1 is 1.33 bits per heavy atom. The zero-order valence-electron chi connectivity index (χ0n) is 14.7. The van der Waals surface area contributed by atoms with Crippen LogP contribution >= 0.6 is 0 Å². The van der Waals surface area contributed by atoms with Crippen molar-refractivity contribution in [3.63, 3.8) is 0 Å². The van der Waals surface area contributed by atoms with Gasteiger partial charge in [-0.05, 0) is 38.0 Å². The van der Waals surface area contributed by atoms with E-state index >= 15 is 0 Å². The highest BCUT2D eigenvalue weighted by molar-refractivity contribution is 5.94. The molecular weight excluding hydrogens is 308 g/mol. The van der Waals surface area contributed by atoms with Crippen molar-refractivity contribution >= 4 is 17.7 Å². The molecule has 5 atom stereocenters. The number of esters is 2. The summed E-state index contributed by atoms with van der Waals surface area (Å²) in [4.78, 5) is 36.5. The predicted octanol–water partition coefficient (Wildman–Crippen LogP) is 2.68. The van der Waals surface area contributed by atoms with Crippen molar-refractivity contribution in [2.24, 2.45) is 29.1 Å². The molecule has 1 heterocycles. The molecule has 1 saturated heterocycles. The second-order valence-electron chi connectivity index (χ2n) is 7.93. The number of hydrogen-bond donors (Lipinski definition) is 0. The summed E-state index contributed by atoms with van der Waals surface area (Å²) < 4.78 is 11.1. The zero-order chi connectivity index (χ0) is 17.6. The standard InChI is InChI=1S/C19H26O5/c1-10(2)17(21)23-9-12-5-6-13-11(3)18(22)24-16(13)19(4)14(12)7-8-15(19)20/h10,12-14,16H,3,5-9H2,1-2,4H3/t12-,13+,14+,16-,19+/m1/s1. The van der Waals surface area contributed by atoms with Crippen LogP contribution in [0.4, 0.5) is 0 Å². The first kappa shape index (κ1) is 17.2. The lowest BCUT2D eigenvalue weighted by Crippen LogP contribution is -2.45. The van der Waals surface area contributed by atoms with Gasteiger partial charge in [0.2, 0.25) is 0 Å². The number of Topliss-reactive ketones (excluding diaryl/α,β-unsaturated/α-hetero) is 1. The van der Waals surface area contributed by atoms with Gasteiger partial charge in [-0.15, -0.1) is 0 Å². The maximum Gasteiger partial charge on any atom is 0.334 e. The molecule has 0 aromatic heterocycles. The molecule has 0 amide bonds. The van der Waals surface area contributed by atoms with Crippen molar-refractivity contribution in [2.75, 3.05) is 6.61 Å². The number of fused-ring (bicyclic) bond motifs is 3. The molecule has 0 aromatic carbocycles. The predicted molar refractivity (Wildman–Crippen MR) is 86.9 cm³/mol. The summed E-state index contributed by atoms with van der Waals surface area (Å²) in [6, 6.07) is 0. The maximum absolute atomic E-state index is 12.7. The van der Waals surface area contributed by atoms with E-state index in [1.54, 1.807) is 0 Å². The molecule has 3 fully saturated rings. The maximum atomic E-state index is 12.7. The molecule has 2 aliphatic carbocycles. The summed E-state index contributed by atoms with van der Waals surface area (Å²) in [6.07, 6.45) is 2.42. The van der Waals surface area contributed by atoms with E-state index in [0.717, 1.165) is 19.3 Å². The Morgan fingerprint density at radius 2 is 2.04 bits per heavy atom. The van der Waals surface area contributed by atoms with Gasteiger partial charge in [0.15, 0.2) is 0 Å². The molecule has 3 aliphatic rings. The first-order chi connectivity index (χ1) is 11.3. The number of carbonyl (C=O) groups is 3. The minimum Gasteiger partial charge on any atom is -0.465 e. The summed E-state index contributed by atoms with van der Waals surface area (Å²) in [5.41, 5.74) is -0.204. The number of hydrogen-bond acceptors (Lipinski definition) is 5. The largest absolute Gasteiger partial charge is 0.465 e. The first-order valence-electron chi connectivity index (χ1n) is 8.86. The minimum absolute atomic E-state index is 0.0821. The fourth-order valence-corrected chi connectivity index (χ4v) is 4.78. The third kappa shape index (κ3) is 2.49. The second kappa shape index (κ2) is 6.01. The fourth-order valence-electron chi connectivity index (χ4n) is 4.78. The third-order valence-electron chi connectivity index (χ3n) is 6.28. The van der Waals surface area contributed by atoms with E-state index in [0.29, 0.717) is 18.6 Å². The monoisotopic (exact) mass is 334 g/mol. The Labute approximate surface area is 142 Å². The van der Waals surface area contributed by atoms with Crippen LogP contribution in [0.25, 0.3) is 0 Å². The Morgan fingerprint density at radius 3 is 2.71 bits per heavy atom.